The van der Waals surface area contributed by atoms with Gasteiger partial charge in [-0.1, -0.05) is 0 Å². The van der Waals surface area contributed by atoms with Crippen molar-refractivity contribution in [1.82, 2.24) is 29.2 Å². The van der Waals surface area contributed by atoms with Gasteiger partial charge in [0.15, 0.2) is 0 Å². The molecule has 0 aliphatic carbocycles. The molecule has 5 rings (SSSR count). The SMILES string of the molecule is Cc1nc(Cn2nc3n(c(=O)c2=O)CC[C@]32CCN(Cc3ccncc3)C2)cs1. The van der Waals surface area contributed by atoms with Crippen molar-refractivity contribution in [2.45, 2.75) is 44.8 Å². The Morgan fingerprint density at radius 2 is 1.90 bits per heavy atom. The molecular formula is C20H22N6O2S. The molecule has 1 spiro atoms. The maximum Gasteiger partial charge on any atom is 0.332 e. The summed E-state index contributed by atoms with van der Waals surface area (Å²) < 4.78 is 2.91. The molecule has 2 aliphatic rings. The maximum atomic E-state index is 12.7. The second-order valence-corrected chi connectivity index (χ2v) is 9.01. The summed E-state index contributed by atoms with van der Waals surface area (Å²) in [4.78, 5) is 36.2. The van der Waals surface area contributed by atoms with Crippen LogP contribution < -0.4 is 11.1 Å². The molecule has 1 atom stereocenters. The van der Waals surface area contributed by atoms with Gasteiger partial charge in [0.1, 0.15) is 5.82 Å². The van der Waals surface area contributed by atoms with Crippen molar-refractivity contribution in [2.24, 2.45) is 0 Å². The first-order chi connectivity index (χ1) is 14.0. The van der Waals surface area contributed by atoms with Gasteiger partial charge in [-0.3, -0.25) is 24.0 Å². The van der Waals surface area contributed by atoms with Gasteiger partial charge >= 0.3 is 11.1 Å². The molecule has 0 amide bonds. The molecule has 29 heavy (non-hydrogen) atoms. The molecular weight excluding hydrogens is 388 g/mol. The number of likely N-dealkylation sites (tertiary alicyclic amines) is 1. The van der Waals surface area contributed by atoms with Gasteiger partial charge in [0.2, 0.25) is 0 Å². The Morgan fingerprint density at radius 3 is 2.66 bits per heavy atom. The van der Waals surface area contributed by atoms with Crippen LogP contribution in [-0.2, 0) is 25.0 Å². The number of thiazole rings is 1. The van der Waals surface area contributed by atoms with Crippen molar-refractivity contribution < 1.29 is 0 Å². The fourth-order valence-corrected chi connectivity index (χ4v) is 5.14. The third-order valence-electron chi connectivity index (χ3n) is 5.99. The average Bonchev–Trinajstić information content (AvgIpc) is 3.41. The molecule has 3 aromatic rings. The normalized spacial score (nSPS) is 21.1. The molecule has 0 bridgehead atoms. The van der Waals surface area contributed by atoms with E-state index in [0.29, 0.717) is 6.54 Å². The Hall–Kier alpha value is -2.65. The van der Waals surface area contributed by atoms with Gasteiger partial charge in [0.05, 0.1) is 17.2 Å². The second kappa shape index (κ2) is 7.00. The van der Waals surface area contributed by atoms with E-state index in [9.17, 15) is 9.59 Å². The van der Waals surface area contributed by atoms with E-state index < -0.39 is 11.1 Å². The number of aryl methyl sites for hydroxylation is 1. The Balaban J connectivity index is 1.46. The summed E-state index contributed by atoms with van der Waals surface area (Å²) in [6.07, 6.45) is 5.41. The lowest BCUT2D eigenvalue weighted by molar-refractivity contribution is 0.298. The zero-order chi connectivity index (χ0) is 20.0. The van der Waals surface area contributed by atoms with Crippen LogP contribution >= 0.6 is 11.3 Å². The van der Waals surface area contributed by atoms with Gasteiger partial charge in [-0.05, 0) is 44.0 Å². The number of pyridine rings is 1. The molecule has 8 nitrogen and oxygen atoms in total. The summed E-state index contributed by atoms with van der Waals surface area (Å²) >= 11 is 1.53. The van der Waals surface area contributed by atoms with Crippen LogP contribution in [0.25, 0.3) is 0 Å². The molecule has 0 aromatic carbocycles. The number of aromatic nitrogens is 5. The molecule has 2 aliphatic heterocycles. The standard InChI is InChI=1S/C20H22N6O2S/c1-14-22-16(12-29-14)11-26-18(28)17(27)25-9-5-20(19(25)23-26)4-8-24(13-20)10-15-2-6-21-7-3-15/h2-3,6-7,12H,4-5,8-11,13H2,1H3/t20-/m0/s1. The van der Waals surface area contributed by atoms with Crippen LogP contribution in [0.5, 0.6) is 0 Å². The molecule has 3 aromatic heterocycles. The first kappa shape index (κ1) is 18.4. The van der Waals surface area contributed by atoms with Crippen molar-refractivity contribution >= 4 is 11.3 Å². The van der Waals surface area contributed by atoms with Crippen molar-refractivity contribution in [3.8, 4) is 0 Å². The summed E-state index contributed by atoms with van der Waals surface area (Å²) in [6, 6.07) is 4.06. The zero-order valence-electron chi connectivity index (χ0n) is 16.2. The van der Waals surface area contributed by atoms with Crippen molar-refractivity contribution in [2.75, 3.05) is 13.1 Å². The van der Waals surface area contributed by atoms with Crippen LogP contribution in [0.15, 0.2) is 39.5 Å². The third kappa shape index (κ3) is 3.24. The zero-order valence-corrected chi connectivity index (χ0v) is 17.1. The molecule has 0 unspecified atom stereocenters. The summed E-state index contributed by atoms with van der Waals surface area (Å²) in [7, 11) is 0. The Labute approximate surface area is 171 Å². The molecule has 1 saturated heterocycles. The third-order valence-corrected chi connectivity index (χ3v) is 6.81. The smallest absolute Gasteiger partial charge is 0.298 e. The van der Waals surface area contributed by atoms with Gasteiger partial charge in [-0.15, -0.1) is 11.3 Å². The first-order valence-corrected chi connectivity index (χ1v) is 10.7. The van der Waals surface area contributed by atoms with Crippen LogP contribution in [0.3, 0.4) is 0 Å². The van der Waals surface area contributed by atoms with Gasteiger partial charge in [-0.25, -0.2) is 9.67 Å². The highest BCUT2D eigenvalue weighted by Gasteiger charge is 2.47. The predicted octanol–water partition coefficient (Wildman–Crippen LogP) is 1.16. The van der Waals surface area contributed by atoms with Crippen molar-refractivity contribution in [3.05, 3.63) is 72.7 Å². The molecule has 9 heteroatoms. The molecule has 5 heterocycles. The Morgan fingerprint density at radius 1 is 1.10 bits per heavy atom. The summed E-state index contributed by atoms with van der Waals surface area (Å²) in [6.45, 7) is 5.37. The highest BCUT2D eigenvalue weighted by molar-refractivity contribution is 7.09. The van der Waals surface area contributed by atoms with E-state index in [1.54, 1.807) is 4.57 Å². The van der Waals surface area contributed by atoms with E-state index in [-0.39, 0.29) is 12.0 Å². The van der Waals surface area contributed by atoms with Crippen molar-refractivity contribution in [1.29, 1.82) is 0 Å². The Bertz CT molecular complexity index is 1170. The topological polar surface area (TPSA) is 85.9 Å². The monoisotopic (exact) mass is 410 g/mol. The number of hydrogen-bond donors (Lipinski definition) is 0. The maximum absolute atomic E-state index is 12.7. The summed E-state index contributed by atoms with van der Waals surface area (Å²) in [5.74, 6) is 0.756. The summed E-state index contributed by atoms with van der Waals surface area (Å²) in [5.41, 5.74) is 0.794. The van der Waals surface area contributed by atoms with Crippen molar-refractivity contribution in [3.63, 3.8) is 0 Å². The highest BCUT2D eigenvalue weighted by atomic mass is 32.1. The lowest BCUT2D eigenvalue weighted by Gasteiger charge is -2.23. The van der Waals surface area contributed by atoms with E-state index in [0.717, 1.165) is 49.0 Å². The van der Waals surface area contributed by atoms with E-state index in [1.165, 1.54) is 21.6 Å². The minimum absolute atomic E-state index is 0.167. The fraction of sp³-hybridized carbons (Fsp3) is 0.450. The molecule has 150 valence electrons. The largest absolute Gasteiger partial charge is 0.332 e. The van der Waals surface area contributed by atoms with Crippen LogP contribution in [0.4, 0.5) is 0 Å². The lowest BCUT2D eigenvalue weighted by Crippen LogP contribution is -2.45. The van der Waals surface area contributed by atoms with Gasteiger partial charge < -0.3 is 0 Å². The van der Waals surface area contributed by atoms with E-state index >= 15 is 0 Å². The quantitative estimate of drug-likeness (QED) is 0.600. The minimum atomic E-state index is -0.567. The fourth-order valence-electron chi connectivity index (χ4n) is 4.54. The Kier molecular flexibility index (Phi) is 4.44. The molecule has 1 fully saturated rings. The van der Waals surface area contributed by atoms with Crippen LogP contribution in [0.2, 0.25) is 0 Å². The van der Waals surface area contributed by atoms with Gasteiger partial charge in [0, 0.05) is 42.8 Å². The number of rotatable bonds is 4. The van der Waals surface area contributed by atoms with E-state index in [1.807, 2.05) is 36.8 Å². The van der Waals surface area contributed by atoms with Crippen LogP contribution in [-0.4, -0.2) is 42.3 Å². The predicted molar refractivity (Wildman–Crippen MR) is 109 cm³/mol. The first-order valence-electron chi connectivity index (χ1n) is 9.79. The molecule has 0 saturated carbocycles. The number of fused-ring (bicyclic) bond motifs is 2. The number of nitrogens with zero attached hydrogens (tertiary/aromatic N) is 6. The lowest BCUT2D eigenvalue weighted by atomic mass is 9.85. The second-order valence-electron chi connectivity index (χ2n) is 7.95. The minimum Gasteiger partial charge on any atom is -0.298 e. The average molecular weight is 411 g/mol. The van der Waals surface area contributed by atoms with E-state index in [2.05, 4.69) is 14.9 Å². The van der Waals surface area contributed by atoms with Gasteiger partial charge in [0.25, 0.3) is 0 Å². The molecule has 0 N–H and O–H groups in total. The van der Waals surface area contributed by atoms with E-state index in [4.69, 9.17) is 5.10 Å². The van der Waals surface area contributed by atoms with Crippen LogP contribution in [0, 0.1) is 6.92 Å². The summed E-state index contributed by atoms with van der Waals surface area (Å²) in [5, 5.41) is 7.54. The number of hydrogen-bond acceptors (Lipinski definition) is 7. The van der Waals surface area contributed by atoms with Crippen LogP contribution in [0.1, 0.15) is 34.9 Å². The van der Waals surface area contributed by atoms with Gasteiger partial charge in [-0.2, -0.15) is 5.10 Å². The molecule has 0 radical (unpaired) electrons. The highest BCUT2D eigenvalue weighted by Crippen LogP contribution is 2.40.